The van der Waals surface area contributed by atoms with Crippen LogP contribution in [0.15, 0.2) is 12.1 Å². The van der Waals surface area contributed by atoms with E-state index in [1.165, 1.54) is 19.2 Å². The van der Waals surface area contributed by atoms with Gasteiger partial charge in [0.25, 0.3) is 0 Å². The highest BCUT2D eigenvalue weighted by Crippen LogP contribution is 2.25. The molecule has 0 fully saturated rings. The van der Waals surface area contributed by atoms with E-state index in [0.717, 1.165) is 6.42 Å². The molecule has 1 heterocycles. The van der Waals surface area contributed by atoms with Gasteiger partial charge in [0.05, 0.1) is 12.0 Å². The summed E-state index contributed by atoms with van der Waals surface area (Å²) in [7, 11) is 1.24. The van der Waals surface area contributed by atoms with Gasteiger partial charge in [0.1, 0.15) is 0 Å². The predicted molar refractivity (Wildman–Crippen MR) is 74.8 cm³/mol. The summed E-state index contributed by atoms with van der Waals surface area (Å²) in [6.45, 7) is 6.00. The van der Waals surface area contributed by atoms with Crippen molar-refractivity contribution in [1.29, 1.82) is 0 Å². The molecule has 7 nitrogen and oxygen atoms in total. The number of nitro groups is 1. The lowest BCUT2D eigenvalue weighted by Crippen LogP contribution is -2.26. The van der Waals surface area contributed by atoms with Crippen LogP contribution >= 0.6 is 0 Å². The molecular weight excluding hydrogens is 262 g/mol. The second-order valence-corrected chi connectivity index (χ2v) is 4.72. The zero-order valence-corrected chi connectivity index (χ0v) is 12.0. The van der Waals surface area contributed by atoms with Crippen molar-refractivity contribution < 1.29 is 14.5 Å². The van der Waals surface area contributed by atoms with Crippen LogP contribution in [0.1, 0.15) is 37.7 Å². The summed E-state index contributed by atoms with van der Waals surface area (Å²) in [4.78, 5) is 26.0. The van der Waals surface area contributed by atoms with Crippen LogP contribution in [0.2, 0.25) is 0 Å². The van der Waals surface area contributed by atoms with Crippen LogP contribution in [0.4, 0.5) is 11.5 Å². The van der Waals surface area contributed by atoms with E-state index in [0.29, 0.717) is 0 Å². The van der Waals surface area contributed by atoms with Crippen molar-refractivity contribution >= 4 is 17.5 Å². The van der Waals surface area contributed by atoms with Gasteiger partial charge in [-0.15, -0.1) is 0 Å². The molecule has 1 N–H and O–H groups in total. The van der Waals surface area contributed by atoms with Crippen molar-refractivity contribution in [3.05, 3.63) is 27.9 Å². The first-order chi connectivity index (χ1) is 9.40. The Bertz CT molecular complexity index is 502. The minimum absolute atomic E-state index is 0.0362. The molecule has 0 saturated carbocycles. The molecule has 0 spiro atoms. The van der Waals surface area contributed by atoms with Crippen LogP contribution in [0.25, 0.3) is 0 Å². The quantitative estimate of drug-likeness (QED) is 0.489. The van der Waals surface area contributed by atoms with E-state index < -0.39 is 10.9 Å². The van der Waals surface area contributed by atoms with E-state index in [-0.39, 0.29) is 29.2 Å². The van der Waals surface area contributed by atoms with Gasteiger partial charge in [0.2, 0.25) is 5.82 Å². The minimum Gasteiger partial charge on any atom is -0.464 e. The number of carbonyl (C=O) groups is 1. The molecule has 1 aromatic heterocycles. The number of methoxy groups -OCH3 is 1. The fourth-order valence-corrected chi connectivity index (χ4v) is 1.84. The number of pyridine rings is 1. The summed E-state index contributed by atoms with van der Waals surface area (Å²) in [5, 5.41) is 14.1. The molecule has 7 heteroatoms. The van der Waals surface area contributed by atoms with Crippen LogP contribution in [0.5, 0.6) is 0 Å². The molecule has 0 aliphatic carbocycles. The first kappa shape index (κ1) is 15.9. The number of anilines is 1. The first-order valence-electron chi connectivity index (χ1n) is 6.41. The lowest BCUT2D eigenvalue weighted by molar-refractivity contribution is -0.384. The molecular formula is C13H19N3O4. The number of nitrogens with one attached hydrogen (secondary N) is 1. The lowest BCUT2D eigenvalue weighted by atomic mass is 10.0. The summed E-state index contributed by atoms with van der Waals surface area (Å²) < 4.78 is 4.57. The van der Waals surface area contributed by atoms with Gasteiger partial charge in [0.15, 0.2) is 5.69 Å². The molecule has 0 radical (unpaired) electrons. The summed E-state index contributed by atoms with van der Waals surface area (Å²) in [6, 6.07) is 2.58. The predicted octanol–water partition coefficient (Wildman–Crippen LogP) is 2.62. The van der Waals surface area contributed by atoms with Gasteiger partial charge in [0, 0.05) is 12.1 Å². The van der Waals surface area contributed by atoms with E-state index in [2.05, 4.69) is 15.0 Å². The van der Waals surface area contributed by atoms with E-state index >= 15 is 0 Å². The van der Waals surface area contributed by atoms with Crippen molar-refractivity contribution in [2.75, 3.05) is 12.4 Å². The smallest absolute Gasteiger partial charge is 0.356 e. The molecule has 0 aromatic carbocycles. The molecule has 0 bridgehead atoms. The third-order valence-electron chi connectivity index (χ3n) is 3.03. The van der Waals surface area contributed by atoms with E-state index in [4.69, 9.17) is 0 Å². The fraction of sp³-hybridized carbons (Fsp3) is 0.538. The maximum atomic E-state index is 11.5. The summed E-state index contributed by atoms with van der Waals surface area (Å²) in [5.41, 5.74) is -0.115. The Morgan fingerprint density at radius 3 is 2.60 bits per heavy atom. The summed E-state index contributed by atoms with van der Waals surface area (Å²) in [6.07, 6.45) is 0.791. The van der Waals surface area contributed by atoms with E-state index in [1.54, 1.807) is 0 Å². The van der Waals surface area contributed by atoms with E-state index in [1.807, 2.05) is 20.8 Å². The Hall–Kier alpha value is -2.18. The van der Waals surface area contributed by atoms with Crippen LogP contribution in [0.3, 0.4) is 0 Å². The zero-order valence-electron chi connectivity index (χ0n) is 12.0. The molecule has 1 aromatic rings. The van der Waals surface area contributed by atoms with Crippen LogP contribution in [0, 0.1) is 16.0 Å². The monoisotopic (exact) mass is 281 g/mol. The van der Waals surface area contributed by atoms with Crippen molar-refractivity contribution in [2.45, 2.75) is 33.2 Å². The molecule has 0 aliphatic heterocycles. The molecule has 110 valence electrons. The molecule has 1 rings (SSSR count). The topological polar surface area (TPSA) is 94.4 Å². The Morgan fingerprint density at radius 1 is 1.50 bits per heavy atom. The average molecular weight is 281 g/mol. The third kappa shape index (κ3) is 3.66. The normalized spacial score (nSPS) is 12.1. The van der Waals surface area contributed by atoms with Crippen LogP contribution in [-0.2, 0) is 4.74 Å². The van der Waals surface area contributed by atoms with Gasteiger partial charge in [-0.3, -0.25) is 10.1 Å². The fourth-order valence-electron chi connectivity index (χ4n) is 1.84. The third-order valence-corrected chi connectivity index (χ3v) is 3.03. The van der Waals surface area contributed by atoms with Crippen molar-refractivity contribution in [2.24, 2.45) is 5.92 Å². The Balaban J connectivity index is 3.18. The molecule has 20 heavy (non-hydrogen) atoms. The molecule has 1 atom stereocenters. The number of nitrogens with zero attached hydrogens (tertiary/aromatic N) is 2. The number of esters is 1. The minimum atomic E-state index is -0.624. The first-order valence-corrected chi connectivity index (χ1v) is 6.41. The largest absolute Gasteiger partial charge is 0.464 e. The number of rotatable bonds is 6. The Labute approximate surface area is 117 Å². The number of carbonyl (C=O) groups excluding carboxylic acids is 1. The second kappa shape index (κ2) is 6.83. The highest BCUT2D eigenvalue weighted by atomic mass is 16.6. The number of hydrogen-bond acceptors (Lipinski definition) is 6. The number of hydrogen-bond donors (Lipinski definition) is 1. The van der Waals surface area contributed by atoms with Crippen molar-refractivity contribution in [3.8, 4) is 0 Å². The van der Waals surface area contributed by atoms with Gasteiger partial charge >= 0.3 is 11.7 Å². The lowest BCUT2D eigenvalue weighted by Gasteiger charge is -2.21. The highest BCUT2D eigenvalue weighted by molar-refractivity contribution is 5.88. The SMILES string of the molecule is CCC(Nc1nc(C(=O)OC)ccc1[N+](=O)[O-])C(C)C. The van der Waals surface area contributed by atoms with Crippen LogP contribution < -0.4 is 5.32 Å². The van der Waals surface area contributed by atoms with Gasteiger partial charge < -0.3 is 10.1 Å². The van der Waals surface area contributed by atoms with E-state index in [9.17, 15) is 14.9 Å². The second-order valence-electron chi connectivity index (χ2n) is 4.72. The zero-order chi connectivity index (χ0) is 15.3. The van der Waals surface area contributed by atoms with Gasteiger partial charge in [-0.25, -0.2) is 9.78 Å². The maximum absolute atomic E-state index is 11.5. The number of aromatic nitrogens is 1. The molecule has 0 saturated heterocycles. The Morgan fingerprint density at radius 2 is 2.15 bits per heavy atom. The van der Waals surface area contributed by atoms with Gasteiger partial charge in [-0.2, -0.15) is 0 Å². The Kier molecular flexibility index (Phi) is 5.42. The van der Waals surface area contributed by atoms with Crippen molar-refractivity contribution in [3.63, 3.8) is 0 Å². The van der Waals surface area contributed by atoms with Crippen LogP contribution in [-0.4, -0.2) is 29.0 Å². The number of ether oxygens (including phenoxy) is 1. The molecule has 0 aliphatic rings. The average Bonchev–Trinajstić information content (AvgIpc) is 2.42. The van der Waals surface area contributed by atoms with Gasteiger partial charge in [-0.05, 0) is 18.4 Å². The molecule has 1 unspecified atom stereocenters. The molecule has 0 amide bonds. The standard InChI is InChI=1S/C13H19N3O4/c1-5-9(8(2)3)14-12-11(16(18)19)7-6-10(15-12)13(17)20-4/h6-9H,5H2,1-4H3,(H,14,15). The summed E-state index contributed by atoms with van der Waals surface area (Å²) in [5.74, 6) is -0.248. The maximum Gasteiger partial charge on any atom is 0.356 e. The van der Waals surface area contributed by atoms with Gasteiger partial charge in [-0.1, -0.05) is 20.8 Å². The van der Waals surface area contributed by atoms with Crippen molar-refractivity contribution in [1.82, 2.24) is 4.98 Å². The summed E-state index contributed by atoms with van der Waals surface area (Å²) >= 11 is 0. The highest BCUT2D eigenvalue weighted by Gasteiger charge is 2.22.